The van der Waals surface area contributed by atoms with Crippen LogP contribution in [0.5, 0.6) is 0 Å². The van der Waals surface area contributed by atoms with Crippen LogP contribution in [0, 0.1) is 11.7 Å². The van der Waals surface area contributed by atoms with Gasteiger partial charge in [0.15, 0.2) is 0 Å². The normalized spacial score (nSPS) is 23.6. The Morgan fingerprint density at radius 3 is 2.53 bits per heavy atom. The number of benzene rings is 1. The van der Waals surface area contributed by atoms with Crippen LogP contribution in [0.1, 0.15) is 24.8 Å². The van der Waals surface area contributed by atoms with Crippen molar-refractivity contribution < 1.29 is 22.7 Å². The first-order chi connectivity index (χ1) is 8.88. The minimum absolute atomic E-state index is 0.0293. The molecule has 0 heterocycles. The molecular weight excluding hydrogens is 262 g/mol. The molecule has 0 aliphatic heterocycles. The molecule has 1 saturated carbocycles. The Morgan fingerprint density at radius 1 is 1.26 bits per heavy atom. The van der Waals surface area contributed by atoms with E-state index in [1.807, 2.05) is 0 Å². The van der Waals surface area contributed by atoms with E-state index in [1.165, 1.54) is 0 Å². The molecule has 1 aliphatic carbocycles. The van der Waals surface area contributed by atoms with E-state index in [1.54, 1.807) is 0 Å². The van der Waals surface area contributed by atoms with Crippen LogP contribution in [0.4, 0.5) is 23.2 Å². The zero-order valence-corrected chi connectivity index (χ0v) is 10.2. The van der Waals surface area contributed by atoms with Gasteiger partial charge in [0.2, 0.25) is 0 Å². The van der Waals surface area contributed by atoms with Crippen LogP contribution < -0.4 is 5.32 Å². The predicted octanol–water partition coefficient (Wildman–Crippen LogP) is 3.42. The number of rotatable bonds is 3. The summed E-state index contributed by atoms with van der Waals surface area (Å²) in [6, 6.07) is 2.41. The summed E-state index contributed by atoms with van der Waals surface area (Å²) in [6.07, 6.45) is -2.47. The van der Waals surface area contributed by atoms with E-state index in [-0.39, 0.29) is 11.6 Å². The van der Waals surface area contributed by atoms with Crippen molar-refractivity contribution in [3.05, 3.63) is 29.6 Å². The van der Waals surface area contributed by atoms with Crippen molar-refractivity contribution in [1.82, 2.24) is 0 Å². The molecule has 2 N–H and O–H groups in total. The fourth-order valence-corrected chi connectivity index (χ4v) is 2.33. The summed E-state index contributed by atoms with van der Waals surface area (Å²) in [4.78, 5) is 0. The second-order valence-corrected chi connectivity index (χ2v) is 4.83. The van der Waals surface area contributed by atoms with Gasteiger partial charge in [0.1, 0.15) is 5.82 Å². The Morgan fingerprint density at radius 2 is 2.00 bits per heavy atom. The summed E-state index contributed by atoms with van der Waals surface area (Å²) in [7, 11) is 0. The second kappa shape index (κ2) is 5.36. The van der Waals surface area contributed by atoms with Gasteiger partial charge in [0.05, 0.1) is 17.4 Å². The maximum absolute atomic E-state index is 13.5. The smallest absolute Gasteiger partial charge is 0.393 e. The predicted molar refractivity (Wildman–Crippen MR) is 63.2 cm³/mol. The van der Waals surface area contributed by atoms with E-state index < -0.39 is 23.7 Å². The number of nitrogens with one attached hydrogen (secondary N) is 1. The van der Waals surface area contributed by atoms with E-state index in [0.29, 0.717) is 12.6 Å². The molecule has 0 bridgehead atoms. The fourth-order valence-electron chi connectivity index (χ4n) is 2.33. The van der Waals surface area contributed by atoms with Gasteiger partial charge in [-0.15, -0.1) is 0 Å². The second-order valence-electron chi connectivity index (χ2n) is 4.83. The highest BCUT2D eigenvalue weighted by molar-refractivity contribution is 5.46. The number of aliphatic hydroxyl groups is 1. The first kappa shape index (κ1) is 14.1. The molecule has 19 heavy (non-hydrogen) atoms. The van der Waals surface area contributed by atoms with E-state index in [0.717, 1.165) is 31.4 Å². The Kier molecular flexibility index (Phi) is 3.99. The molecule has 1 aliphatic rings. The first-order valence-corrected chi connectivity index (χ1v) is 6.16. The van der Waals surface area contributed by atoms with Crippen molar-refractivity contribution in [2.75, 3.05) is 11.9 Å². The molecule has 2 unspecified atom stereocenters. The molecule has 2 atom stereocenters. The summed E-state index contributed by atoms with van der Waals surface area (Å²) in [5.41, 5.74) is -0.969. The molecular formula is C13H15F4NO. The van der Waals surface area contributed by atoms with Gasteiger partial charge < -0.3 is 10.4 Å². The van der Waals surface area contributed by atoms with Gasteiger partial charge in [0, 0.05) is 12.5 Å². The van der Waals surface area contributed by atoms with Crippen molar-refractivity contribution in [2.45, 2.75) is 31.5 Å². The summed E-state index contributed by atoms with van der Waals surface area (Å²) in [5, 5.41) is 12.4. The minimum Gasteiger partial charge on any atom is -0.393 e. The zero-order valence-electron chi connectivity index (χ0n) is 10.2. The Balaban J connectivity index is 2.01. The summed E-state index contributed by atoms with van der Waals surface area (Å²) in [6.45, 7) is 0.365. The maximum atomic E-state index is 13.5. The SMILES string of the molecule is OC1CCCC1CNc1ccc(C(F)(F)F)cc1F. The quantitative estimate of drug-likeness (QED) is 0.830. The van der Waals surface area contributed by atoms with Crippen LogP contribution in [0.25, 0.3) is 0 Å². The lowest BCUT2D eigenvalue weighted by molar-refractivity contribution is -0.137. The molecule has 0 radical (unpaired) electrons. The van der Waals surface area contributed by atoms with Gasteiger partial charge >= 0.3 is 6.18 Å². The number of hydrogen-bond acceptors (Lipinski definition) is 2. The van der Waals surface area contributed by atoms with Crippen LogP contribution in [0.3, 0.4) is 0 Å². The molecule has 2 nitrogen and oxygen atoms in total. The lowest BCUT2D eigenvalue weighted by atomic mass is 10.1. The van der Waals surface area contributed by atoms with E-state index >= 15 is 0 Å². The third-order valence-electron chi connectivity index (χ3n) is 3.47. The largest absolute Gasteiger partial charge is 0.416 e. The van der Waals surface area contributed by atoms with Crippen molar-refractivity contribution in [1.29, 1.82) is 0 Å². The molecule has 1 aromatic rings. The lowest BCUT2D eigenvalue weighted by Crippen LogP contribution is -2.22. The van der Waals surface area contributed by atoms with Crippen LogP contribution in [0.15, 0.2) is 18.2 Å². The van der Waals surface area contributed by atoms with Crippen molar-refractivity contribution in [3.8, 4) is 0 Å². The highest BCUT2D eigenvalue weighted by atomic mass is 19.4. The number of aliphatic hydroxyl groups excluding tert-OH is 1. The average Bonchev–Trinajstić information content (AvgIpc) is 2.72. The molecule has 1 fully saturated rings. The Labute approximate surface area is 108 Å². The number of halogens is 4. The fraction of sp³-hybridized carbons (Fsp3) is 0.538. The van der Waals surface area contributed by atoms with Crippen LogP contribution in [-0.4, -0.2) is 17.8 Å². The van der Waals surface area contributed by atoms with Gasteiger partial charge in [-0.1, -0.05) is 6.42 Å². The zero-order chi connectivity index (χ0) is 14.0. The minimum atomic E-state index is -4.54. The standard InChI is InChI=1S/C13H15F4NO/c14-10-6-9(13(15,16)17)4-5-11(10)18-7-8-2-1-3-12(8)19/h4-6,8,12,18-19H,1-3,7H2. The molecule has 0 amide bonds. The highest BCUT2D eigenvalue weighted by Crippen LogP contribution is 2.32. The first-order valence-electron chi connectivity index (χ1n) is 6.16. The molecule has 106 valence electrons. The molecule has 0 aromatic heterocycles. The van der Waals surface area contributed by atoms with Crippen molar-refractivity contribution in [3.63, 3.8) is 0 Å². The Hall–Kier alpha value is -1.30. The summed E-state index contributed by atoms with van der Waals surface area (Å²) in [5.74, 6) is -0.899. The van der Waals surface area contributed by atoms with Crippen molar-refractivity contribution in [2.24, 2.45) is 5.92 Å². The third kappa shape index (κ3) is 3.37. The van der Waals surface area contributed by atoms with Crippen LogP contribution in [0.2, 0.25) is 0 Å². The van der Waals surface area contributed by atoms with E-state index in [2.05, 4.69) is 5.32 Å². The van der Waals surface area contributed by atoms with Gasteiger partial charge in [-0.3, -0.25) is 0 Å². The van der Waals surface area contributed by atoms with Crippen molar-refractivity contribution >= 4 is 5.69 Å². The lowest BCUT2D eigenvalue weighted by Gasteiger charge is -2.17. The highest BCUT2D eigenvalue weighted by Gasteiger charge is 2.31. The monoisotopic (exact) mass is 277 g/mol. The molecule has 0 spiro atoms. The number of anilines is 1. The number of alkyl halides is 3. The van der Waals surface area contributed by atoms with Crippen LogP contribution in [-0.2, 0) is 6.18 Å². The molecule has 6 heteroatoms. The van der Waals surface area contributed by atoms with Gasteiger partial charge in [-0.2, -0.15) is 13.2 Å². The summed E-state index contributed by atoms with van der Waals surface area (Å²) < 4.78 is 50.6. The van der Waals surface area contributed by atoms with E-state index in [9.17, 15) is 22.7 Å². The maximum Gasteiger partial charge on any atom is 0.416 e. The van der Waals surface area contributed by atoms with Gasteiger partial charge in [-0.05, 0) is 31.0 Å². The van der Waals surface area contributed by atoms with Crippen LogP contribution >= 0.6 is 0 Å². The summed E-state index contributed by atoms with van der Waals surface area (Å²) >= 11 is 0. The molecule has 2 rings (SSSR count). The van der Waals surface area contributed by atoms with Gasteiger partial charge in [-0.25, -0.2) is 4.39 Å². The average molecular weight is 277 g/mol. The number of hydrogen-bond donors (Lipinski definition) is 2. The molecule has 0 saturated heterocycles. The van der Waals surface area contributed by atoms with Gasteiger partial charge in [0.25, 0.3) is 0 Å². The Bertz CT molecular complexity index is 447. The third-order valence-corrected chi connectivity index (χ3v) is 3.47. The van der Waals surface area contributed by atoms with E-state index in [4.69, 9.17) is 0 Å². The molecule has 1 aromatic carbocycles. The topological polar surface area (TPSA) is 32.3 Å².